The van der Waals surface area contributed by atoms with Crippen molar-refractivity contribution in [3.63, 3.8) is 0 Å². The number of aliphatic hydroxyl groups is 1. The molecule has 1 amide bonds. The number of fused-ring (bicyclic) bond motifs is 1. The zero-order chi connectivity index (χ0) is 28.7. The Balaban J connectivity index is 1.33. The number of carbonyl (C=O) groups is 1. The minimum Gasteiger partial charge on any atom is -0.369 e. The molecule has 2 unspecified atom stereocenters. The van der Waals surface area contributed by atoms with Crippen molar-refractivity contribution in [1.82, 2.24) is 30.4 Å². The molecule has 0 bridgehead atoms. The third-order valence-electron chi connectivity index (χ3n) is 7.31. The number of aliphatic hydroxyl groups excluding tert-OH is 1. The van der Waals surface area contributed by atoms with Crippen molar-refractivity contribution in [2.45, 2.75) is 88.6 Å². The number of aryl methyl sites for hydroxylation is 1. The fourth-order valence-electron chi connectivity index (χ4n) is 5.05. The van der Waals surface area contributed by atoms with Gasteiger partial charge >= 0.3 is 6.18 Å². The number of nitrogens with one attached hydrogen (secondary N) is 2. The summed E-state index contributed by atoms with van der Waals surface area (Å²) in [5, 5.41) is 24.0. The van der Waals surface area contributed by atoms with E-state index in [1.807, 2.05) is 6.92 Å². The van der Waals surface area contributed by atoms with Gasteiger partial charge in [-0.05, 0) is 31.2 Å². The van der Waals surface area contributed by atoms with Crippen molar-refractivity contribution in [2.75, 3.05) is 0 Å². The van der Waals surface area contributed by atoms with Crippen LogP contribution < -0.4 is 10.6 Å². The molecule has 1 aliphatic heterocycles. The summed E-state index contributed by atoms with van der Waals surface area (Å²) in [7, 11) is 0. The summed E-state index contributed by atoms with van der Waals surface area (Å²) in [6.07, 6.45) is -3.77. The molecule has 1 aliphatic carbocycles. The minimum absolute atomic E-state index is 0.122. The highest BCUT2D eigenvalue weighted by Crippen LogP contribution is 2.45. The zero-order valence-corrected chi connectivity index (χ0v) is 21.5. The topological polar surface area (TPSA) is 130 Å². The van der Waals surface area contributed by atoms with Crippen LogP contribution in [-0.2, 0) is 16.0 Å². The molecule has 40 heavy (non-hydrogen) atoms. The Bertz CT molecular complexity index is 1330. The molecule has 1 saturated carbocycles. The Hall–Kier alpha value is -3.17. The molecule has 1 saturated heterocycles. The van der Waals surface area contributed by atoms with E-state index in [1.54, 1.807) is 6.20 Å². The van der Waals surface area contributed by atoms with Gasteiger partial charge in [0.15, 0.2) is 11.9 Å². The van der Waals surface area contributed by atoms with Crippen molar-refractivity contribution in [2.24, 2.45) is 5.92 Å². The number of halogens is 5. The third kappa shape index (κ3) is 6.58. The SMILES string of the molecule is CCc1nocc1C1OC1N[C@H](c1cn2ncc([C@@H](O)NC(=O)CCC(F)(F)F)cc2n1)C1CCC(F)(F)CC1. The summed E-state index contributed by atoms with van der Waals surface area (Å²) in [6, 6.07) is 0.992. The van der Waals surface area contributed by atoms with E-state index in [0.717, 1.165) is 11.3 Å². The fourth-order valence-corrected chi connectivity index (χ4v) is 5.05. The molecule has 10 nitrogen and oxygen atoms in total. The van der Waals surface area contributed by atoms with Gasteiger partial charge in [0, 0.05) is 30.4 Å². The van der Waals surface area contributed by atoms with Crippen LogP contribution in [0.2, 0.25) is 0 Å². The van der Waals surface area contributed by atoms with Crippen molar-refractivity contribution in [3.05, 3.63) is 47.2 Å². The maximum atomic E-state index is 13.9. The molecule has 218 valence electrons. The molecule has 0 aromatic carbocycles. The Morgan fingerprint density at radius 1 is 1.30 bits per heavy atom. The van der Waals surface area contributed by atoms with Gasteiger partial charge in [-0.2, -0.15) is 18.3 Å². The standard InChI is InChI=1S/C25H29F5N6O4/c1-2-16-15(12-39-35-16)21-23(40-21)34-20(13-3-6-24(26,27)7-4-13)17-11-36-18(32-17)9-14(10-31-36)22(38)33-19(37)5-8-25(28,29)30/h9-13,20-23,34,38H,2-8H2,1H3,(H,33,37)/t20-,21?,22+,23?/m0/s1. The Kier molecular flexibility index (Phi) is 7.81. The number of epoxide rings is 1. The molecular weight excluding hydrogens is 543 g/mol. The highest BCUT2D eigenvalue weighted by molar-refractivity contribution is 5.76. The van der Waals surface area contributed by atoms with E-state index in [0.29, 0.717) is 17.8 Å². The van der Waals surface area contributed by atoms with Crippen LogP contribution in [-0.4, -0.2) is 49.1 Å². The van der Waals surface area contributed by atoms with Crippen LogP contribution in [0.25, 0.3) is 5.65 Å². The van der Waals surface area contributed by atoms with Crippen molar-refractivity contribution >= 4 is 11.6 Å². The number of carbonyl (C=O) groups excluding carboxylic acids is 1. The summed E-state index contributed by atoms with van der Waals surface area (Å²) < 4.78 is 77.4. The summed E-state index contributed by atoms with van der Waals surface area (Å²) in [5.74, 6) is -3.85. The van der Waals surface area contributed by atoms with E-state index in [2.05, 4.69) is 25.9 Å². The van der Waals surface area contributed by atoms with Crippen LogP contribution in [0.3, 0.4) is 0 Å². The van der Waals surface area contributed by atoms with Crippen LogP contribution in [0.4, 0.5) is 22.0 Å². The second-order valence-corrected chi connectivity index (χ2v) is 10.2. The number of ether oxygens (including phenoxy) is 1. The highest BCUT2D eigenvalue weighted by Gasteiger charge is 2.47. The maximum absolute atomic E-state index is 13.9. The van der Waals surface area contributed by atoms with Crippen molar-refractivity contribution in [3.8, 4) is 0 Å². The van der Waals surface area contributed by atoms with E-state index in [9.17, 15) is 31.9 Å². The van der Waals surface area contributed by atoms with E-state index in [4.69, 9.17) is 9.26 Å². The second-order valence-electron chi connectivity index (χ2n) is 10.2. The fraction of sp³-hybridized carbons (Fsp3) is 0.600. The van der Waals surface area contributed by atoms with E-state index < -0.39 is 49.3 Å². The summed E-state index contributed by atoms with van der Waals surface area (Å²) >= 11 is 0. The van der Waals surface area contributed by atoms with Gasteiger partial charge in [0.05, 0.1) is 36.2 Å². The lowest BCUT2D eigenvalue weighted by Crippen LogP contribution is -2.35. The van der Waals surface area contributed by atoms with Crippen molar-refractivity contribution in [1.29, 1.82) is 0 Å². The van der Waals surface area contributed by atoms with E-state index in [1.165, 1.54) is 23.0 Å². The number of aromatic nitrogens is 4. The lowest BCUT2D eigenvalue weighted by Gasteiger charge is -2.33. The lowest BCUT2D eigenvalue weighted by atomic mass is 9.81. The minimum atomic E-state index is -4.49. The predicted octanol–water partition coefficient (Wildman–Crippen LogP) is 4.28. The third-order valence-corrected chi connectivity index (χ3v) is 7.31. The number of imidazole rings is 1. The normalized spacial score (nSPS) is 22.8. The first-order chi connectivity index (χ1) is 18.9. The summed E-state index contributed by atoms with van der Waals surface area (Å²) in [6.45, 7) is 1.94. The van der Waals surface area contributed by atoms with Gasteiger partial charge < -0.3 is 19.7 Å². The maximum Gasteiger partial charge on any atom is 0.389 e. The molecule has 2 fully saturated rings. The van der Waals surface area contributed by atoms with Crippen LogP contribution in [0, 0.1) is 5.92 Å². The van der Waals surface area contributed by atoms with Gasteiger partial charge in [0.1, 0.15) is 18.6 Å². The smallest absolute Gasteiger partial charge is 0.369 e. The Labute approximate surface area is 225 Å². The molecule has 3 N–H and O–H groups in total. The highest BCUT2D eigenvalue weighted by atomic mass is 19.4. The molecular formula is C25H29F5N6O4. The van der Waals surface area contributed by atoms with Gasteiger partial charge in [0.25, 0.3) is 0 Å². The molecule has 4 atom stereocenters. The molecule has 5 rings (SSSR count). The molecule has 0 radical (unpaired) electrons. The summed E-state index contributed by atoms with van der Waals surface area (Å²) in [4.78, 5) is 16.4. The molecule has 15 heteroatoms. The lowest BCUT2D eigenvalue weighted by molar-refractivity contribution is -0.145. The largest absolute Gasteiger partial charge is 0.389 e. The zero-order valence-electron chi connectivity index (χ0n) is 21.5. The quantitative estimate of drug-likeness (QED) is 0.187. The number of nitrogens with zero attached hydrogens (tertiary/aromatic N) is 4. The van der Waals surface area contributed by atoms with Crippen LogP contribution in [0.15, 0.2) is 29.2 Å². The molecule has 4 heterocycles. The number of amides is 1. The molecule has 0 spiro atoms. The predicted molar refractivity (Wildman–Crippen MR) is 128 cm³/mol. The number of hydrogen-bond donors (Lipinski definition) is 3. The molecule has 3 aromatic rings. The van der Waals surface area contributed by atoms with Gasteiger partial charge in [-0.15, -0.1) is 0 Å². The average molecular weight is 573 g/mol. The Morgan fingerprint density at radius 2 is 2.05 bits per heavy atom. The van der Waals surface area contributed by atoms with Crippen LogP contribution in [0.1, 0.15) is 86.3 Å². The van der Waals surface area contributed by atoms with Crippen LogP contribution in [0.5, 0.6) is 0 Å². The average Bonchev–Trinajstić information content (AvgIpc) is 3.29. The van der Waals surface area contributed by atoms with Crippen molar-refractivity contribution < 1.29 is 41.1 Å². The van der Waals surface area contributed by atoms with Gasteiger partial charge in [-0.25, -0.2) is 18.3 Å². The summed E-state index contributed by atoms with van der Waals surface area (Å²) in [5.41, 5.74) is 2.54. The molecule has 2 aliphatic rings. The van der Waals surface area contributed by atoms with Gasteiger partial charge in [-0.3, -0.25) is 10.1 Å². The van der Waals surface area contributed by atoms with Gasteiger partial charge in [-0.1, -0.05) is 12.1 Å². The first-order valence-electron chi connectivity index (χ1n) is 13.0. The van der Waals surface area contributed by atoms with Crippen LogP contribution >= 0.6 is 0 Å². The van der Waals surface area contributed by atoms with Gasteiger partial charge in [0.2, 0.25) is 11.8 Å². The Morgan fingerprint density at radius 3 is 2.75 bits per heavy atom. The molecule has 3 aromatic heterocycles. The number of rotatable bonds is 10. The van der Waals surface area contributed by atoms with E-state index >= 15 is 0 Å². The monoisotopic (exact) mass is 572 g/mol. The first-order valence-corrected chi connectivity index (χ1v) is 13.0. The first kappa shape index (κ1) is 28.4. The number of alkyl halides is 5. The number of hydrogen-bond acceptors (Lipinski definition) is 8. The second kappa shape index (κ2) is 11.0. The van der Waals surface area contributed by atoms with E-state index in [-0.39, 0.29) is 43.3 Å².